The van der Waals surface area contributed by atoms with Gasteiger partial charge in [-0.3, -0.25) is 11.1 Å². The standard InChI is InChI=1S/C24H28.2C5H5.Zr/c1-3-5-9-17-22(16-6-4-2)24(23-18-12-8-13-19-23)20-21-14-10-7-11-15-21;2*1-2-4-5-3-1;/h7-8,10-15,18-19H,3-6,9,16H2,1-2H3;2*1-5H;/q-2;2*-1;+4. The first kappa shape index (κ1) is 30.5. The predicted octanol–water partition coefficient (Wildman–Crippen LogP) is 9.84. The summed E-state index contributed by atoms with van der Waals surface area (Å²) in [5, 5.41) is 0. The van der Waals surface area contributed by atoms with Crippen LogP contribution >= 0.6 is 0 Å². The van der Waals surface area contributed by atoms with E-state index in [4.69, 9.17) is 0 Å². The second kappa shape index (κ2) is 20.8. The number of hydrogen-bond donors (Lipinski definition) is 0. The molecule has 4 aromatic rings. The van der Waals surface area contributed by atoms with Crippen molar-refractivity contribution in [3.8, 4) is 0 Å². The SMILES string of the molecule is CCCC[C-]=C(CCCC)C(=[C-]c1ccccc1)c1ccccc1.[Zr+4].c1cc[cH-]c1.c1cc[cH-]c1. The van der Waals surface area contributed by atoms with Crippen molar-refractivity contribution >= 4 is 5.57 Å². The molecule has 0 saturated carbocycles. The van der Waals surface area contributed by atoms with E-state index in [1.165, 1.54) is 42.4 Å². The van der Waals surface area contributed by atoms with Crippen LogP contribution in [0.1, 0.15) is 63.5 Å². The molecule has 4 rings (SSSR count). The van der Waals surface area contributed by atoms with Crippen LogP contribution < -0.4 is 0 Å². The quantitative estimate of drug-likeness (QED) is 0.0862. The average Bonchev–Trinajstić information content (AvgIpc) is 3.66. The summed E-state index contributed by atoms with van der Waals surface area (Å²) in [6, 6.07) is 41.1. The third kappa shape index (κ3) is 13.8. The minimum absolute atomic E-state index is 0. The Morgan fingerprint density at radius 1 is 0.657 bits per heavy atom. The second-order valence-corrected chi connectivity index (χ2v) is 8.02. The van der Waals surface area contributed by atoms with Crippen molar-refractivity contribution in [2.45, 2.75) is 52.4 Å². The molecular formula is C34H38Zr. The normalized spacial score (nSPS) is 10.8. The summed E-state index contributed by atoms with van der Waals surface area (Å²) in [5.41, 5.74) is 4.88. The maximum absolute atomic E-state index is 3.69. The topological polar surface area (TPSA) is 0 Å². The van der Waals surface area contributed by atoms with Crippen LogP contribution in [0.15, 0.2) is 127 Å². The van der Waals surface area contributed by atoms with E-state index in [0.29, 0.717) is 0 Å². The van der Waals surface area contributed by atoms with Crippen molar-refractivity contribution in [2.75, 3.05) is 0 Å². The molecule has 0 N–H and O–H groups in total. The van der Waals surface area contributed by atoms with Gasteiger partial charge >= 0.3 is 26.2 Å². The van der Waals surface area contributed by atoms with Crippen molar-refractivity contribution < 1.29 is 26.2 Å². The summed E-state index contributed by atoms with van der Waals surface area (Å²) in [6.07, 6.45) is 14.2. The van der Waals surface area contributed by atoms with Crippen LogP contribution in [0, 0.1) is 12.2 Å². The molecule has 0 amide bonds. The van der Waals surface area contributed by atoms with E-state index in [1.807, 2.05) is 60.7 Å². The van der Waals surface area contributed by atoms with Gasteiger partial charge in [0.1, 0.15) is 0 Å². The Bertz CT molecular complexity index is 930. The number of hydrogen-bond acceptors (Lipinski definition) is 0. The molecule has 0 atom stereocenters. The molecule has 35 heavy (non-hydrogen) atoms. The molecule has 178 valence electrons. The van der Waals surface area contributed by atoms with Crippen molar-refractivity contribution in [1.29, 1.82) is 0 Å². The molecule has 0 spiro atoms. The molecule has 0 bridgehead atoms. The number of unbranched alkanes of at least 4 members (excludes halogenated alkanes) is 3. The molecule has 0 radical (unpaired) electrons. The first-order valence-corrected chi connectivity index (χ1v) is 12.5. The van der Waals surface area contributed by atoms with E-state index in [-0.39, 0.29) is 26.2 Å². The van der Waals surface area contributed by atoms with Gasteiger partial charge in [-0.2, -0.15) is 42.0 Å². The maximum Gasteiger partial charge on any atom is 4.00 e. The fourth-order valence-corrected chi connectivity index (χ4v) is 3.31. The molecule has 0 aromatic heterocycles. The Balaban J connectivity index is 0.000000456. The Labute approximate surface area is 233 Å². The van der Waals surface area contributed by atoms with E-state index in [9.17, 15) is 0 Å². The third-order valence-electron chi connectivity index (χ3n) is 5.17. The van der Waals surface area contributed by atoms with Crippen molar-refractivity contribution in [2.24, 2.45) is 0 Å². The largest absolute Gasteiger partial charge is 4.00 e. The molecule has 0 unspecified atom stereocenters. The number of allylic oxidation sites excluding steroid dienone is 3. The summed E-state index contributed by atoms with van der Waals surface area (Å²) in [7, 11) is 0. The van der Waals surface area contributed by atoms with Gasteiger partial charge in [0.05, 0.1) is 0 Å². The maximum atomic E-state index is 3.69. The van der Waals surface area contributed by atoms with Crippen LogP contribution in [0.2, 0.25) is 0 Å². The molecule has 4 aromatic carbocycles. The van der Waals surface area contributed by atoms with E-state index in [0.717, 1.165) is 18.4 Å². The van der Waals surface area contributed by atoms with Gasteiger partial charge in [-0.05, 0) is 0 Å². The number of rotatable bonds is 9. The van der Waals surface area contributed by atoms with Gasteiger partial charge in [-0.15, -0.1) is 36.2 Å². The van der Waals surface area contributed by atoms with Gasteiger partial charge in [-0.1, -0.05) is 82.3 Å². The first-order chi connectivity index (χ1) is 16.8. The first-order valence-electron chi connectivity index (χ1n) is 12.5. The van der Waals surface area contributed by atoms with E-state index >= 15 is 0 Å². The van der Waals surface area contributed by atoms with Crippen molar-refractivity contribution in [1.82, 2.24) is 0 Å². The van der Waals surface area contributed by atoms with Crippen molar-refractivity contribution in [3.05, 3.63) is 150 Å². The molecule has 0 aliphatic rings. The summed E-state index contributed by atoms with van der Waals surface area (Å²) < 4.78 is 0. The van der Waals surface area contributed by atoms with Crippen LogP contribution in [0.25, 0.3) is 5.57 Å². The summed E-state index contributed by atoms with van der Waals surface area (Å²) in [4.78, 5) is 0. The van der Waals surface area contributed by atoms with Crippen LogP contribution in [-0.2, 0) is 26.2 Å². The van der Waals surface area contributed by atoms with Gasteiger partial charge in [0, 0.05) is 0 Å². The predicted molar refractivity (Wildman–Crippen MR) is 149 cm³/mol. The molecule has 0 aliphatic heterocycles. The van der Waals surface area contributed by atoms with Crippen LogP contribution in [-0.4, -0.2) is 0 Å². The Morgan fingerprint density at radius 2 is 1.17 bits per heavy atom. The Morgan fingerprint density at radius 3 is 1.63 bits per heavy atom. The van der Waals surface area contributed by atoms with Crippen LogP contribution in [0.4, 0.5) is 0 Å². The minimum atomic E-state index is 0. The van der Waals surface area contributed by atoms with Gasteiger partial charge in [0.15, 0.2) is 0 Å². The molecule has 0 saturated heterocycles. The van der Waals surface area contributed by atoms with Gasteiger partial charge in [0.25, 0.3) is 0 Å². The number of benzene rings is 2. The summed E-state index contributed by atoms with van der Waals surface area (Å²) in [6.45, 7) is 4.48. The summed E-state index contributed by atoms with van der Waals surface area (Å²) in [5.74, 6) is 0. The molecule has 1 heteroatoms. The third-order valence-corrected chi connectivity index (χ3v) is 5.17. The molecule has 0 aliphatic carbocycles. The van der Waals surface area contributed by atoms with Gasteiger partial charge in [0.2, 0.25) is 0 Å². The summed E-state index contributed by atoms with van der Waals surface area (Å²) >= 11 is 0. The molecule has 0 heterocycles. The molecule has 0 fully saturated rings. The Hall–Kier alpha value is -2.50. The van der Waals surface area contributed by atoms with Gasteiger partial charge < -0.3 is 6.08 Å². The zero-order valence-corrected chi connectivity index (χ0v) is 23.7. The van der Waals surface area contributed by atoms with Crippen molar-refractivity contribution in [3.63, 3.8) is 0 Å². The fourth-order valence-electron chi connectivity index (χ4n) is 3.31. The molecule has 0 nitrogen and oxygen atoms in total. The van der Waals surface area contributed by atoms with E-state index < -0.39 is 0 Å². The molecular weight excluding hydrogens is 500 g/mol. The van der Waals surface area contributed by atoms with E-state index in [1.54, 1.807) is 0 Å². The fraction of sp³-hybridized carbons (Fsp3) is 0.235. The van der Waals surface area contributed by atoms with Crippen LogP contribution in [0.3, 0.4) is 0 Å². The van der Waals surface area contributed by atoms with Gasteiger partial charge in [-0.25, -0.2) is 30.3 Å². The monoisotopic (exact) mass is 536 g/mol. The zero-order valence-electron chi connectivity index (χ0n) is 21.3. The second-order valence-electron chi connectivity index (χ2n) is 8.02. The smallest absolute Gasteiger partial charge is 0.313 e. The van der Waals surface area contributed by atoms with E-state index in [2.05, 4.69) is 86.7 Å². The van der Waals surface area contributed by atoms with Crippen LogP contribution in [0.5, 0.6) is 0 Å². The Kier molecular flexibility index (Phi) is 18.2. The zero-order chi connectivity index (χ0) is 24.1. The minimum Gasteiger partial charge on any atom is -0.313 e. The average molecular weight is 538 g/mol.